The van der Waals surface area contributed by atoms with Crippen molar-refractivity contribution in [3.63, 3.8) is 0 Å². The first kappa shape index (κ1) is 16.0. The minimum absolute atomic E-state index is 0.0226. The van der Waals surface area contributed by atoms with Gasteiger partial charge < -0.3 is 10.6 Å². The van der Waals surface area contributed by atoms with Crippen molar-refractivity contribution in [3.8, 4) is 0 Å². The normalized spacial score (nSPS) is 18.9. The van der Waals surface area contributed by atoms with Crippen LogP contribution in [0.2, 0.25) is 0 Å². The number of nitrogens with one attached hydrogen (secondary N) is 2. The second-order valence-electron chi connectivity index (χ2n) is 6.80. The van der Waals surface area contributed by atoms with Crippen LogP contribution in [0.1, 0.15) is 36.5 Å². The van der Waals surface area contributed by atoms with Crippen LogP contribution in [0.25, 0.3) is 0 Å². The lowest BCUT2D eigenvalue weighted by Gasteiger charge is -2.32. The SMILES string of the molecule is CCc1ccc2c(c1)NC(=O)C1(CCNCC1)N=C2c1ccccc1. The van der Waals surface area contributed by atoms with Crippen LogP contribution in [0.3, 0.4) is 0 Å². The number of carbonyl (C=O) groups is 1. The summed E-state index contributed by atoms with van der Waals surface area (Å²) in [5.41, 5.74) is 4.39. The van der Waals surface area contributed by atoms with Crippen LogP contribution in [0.5, 0.6) is 0 Å². The Balaban J connectivity index is 1.91. The van der Waals surface area contributed by atoms with Gasteiger partial charge in [0.15, 0.2) is 0 Å². The number of benzene rings is 2. The van der Waals surface area contributed by atoms with E-state index in [9.17, 15) is 4.79 Å². The van der Waals surface area contributed by atoms with E-state index in [2.05, 4.69) is 47.9 Å². The van der Waals surface area contributed by atoms with E-state index in [1.165, 1.54) is 5.56 Å². The molecule has 1 amide bonds. The molecule has 4 rings (SSSR count). The number of piperidine rings is 1. The topological polar surface area (TPSA) is 53.5 Å². The number of hydrogen-bond acceptors (Lipinski definition) is 3. The van der Waals surface area contributed by atoms with Crippen molar-refractivity contribution >= 4 is 17.3 Å². The molecule has 1 saturated heterocycles. The van der Waals surface area contributed by atoms with E-state index >= 15 is 0 Å². The van der Waals surface area contributed by atoms with Gasteiger partial charge in [0, 0.05) is 11.1 Å². The van der Waals surface area contributed by atoms with E-state index in [1.807, 2.05) is 18.2 Å². The van der Waals surface area contributed by atoms with Crippen LogP contribution < -0.4 is 10.6 Å². The number of hydrogen-bond donors (Lipinski definition) is 2. The molecule has 25 heavy (non-hydrogen) atoms. The highest BCUT2D eigenvalue weighted by Gasteiger charge is 2.42. The van der Waals surface area contributed by atoms with Crippen molar-refractivity contribution in [2.45, 2.75) is 31.7 Å². The Morgan fingerprint density at radius 1 is 1.08 bits per heavy atom. The quantitative estimate of drug-likeness (QED) is 0.887. The number of nitrogens with zero attached hydrogens (tertiary/aromatic N) is 1. The van der Waals surface area contributed by atoms with Crippen LogP contribution in [0.15, 0.2) is 53.5 Å². The molecule has 0 aliphatic carbocycles. The first-order valence-corrected chi connectivity index (χ1v) is 9.02. The predicted octanol–water partition coefficient (Wildman–Crippen LogP) is 3.16. The van der Waals surface area contributed by atoms with Gasteiger partial charge in [0.25, 0.3) is 5.91 Å². The van der Waals surface area contributed by atoms with E-state index < -0.39 is 5.54 Å². The highest BCUT2D eigenvalue weighted by Crippen LogP contribution is 2.33. The van der Waals surface area contributed by atoms with Crippen molar-refractivity contribution in [2.75, 3.05) is 18.4 Å². The smallest absolute Gasteiger partial charge is 0.252 e. The summed E-state index contributed by atoms with van der Waals surface area (Å²) in [4.78, 5) is 18.2. The number of carbonyl (C=O) groups excluding carboxylic acids is 1. The molecule has 2 aromatic rings. The number of fused-ring (bicyclic) bond motifs is 1. The van der Waals surface area contributed by atoms with E-state index in [1.54, 1.807) is 0 Å². The number of anilines is 1. The number of aryl methyl sites for hydroxylation is 1. The molecule has 0 radical (unpaired) electrons. The lowest BCUT2D eigenvalue weighted by atomic mass is 9.87. The average Bonchev–Trinajstić information content (AvgIpc) is 2.78. The third kappa shape index (κ3) is 2.87. The summed E-state index contributed by atoms with van der Waals surface area (Å²) in [6.07, 6.45) is 2.39. The molecule has 2 aromatic carbocycles. The summed E-state index contributed by atoms with van der Waals surface area (Å²) >= 11 is 0. The van der Waals surface area contributed by atoms with Crippen LogP contribution >= 0.6 is 0 Å². The lowest BCUT2D eigenvalue weighted by Crippen LogP contribution is -2.49. The Morgan fingerprint density at radius 2 is 1.84 bits per heavy atom. The van der Waals surface area contributed by atoms with Crippen molar-refractivity contribution < 1.29 is 4.79 Å². The molecule has 0 aromatic heterocycles. The first-order chi connectivity index (χ1) is 12.2. The highest BCUT2D eigenvalue weighted by atomic mass is 16.2. The molecule has 2 aliphatic heterocycles. The molecule has 2 N–H and O–H groups in total. The summed E-state index contributed by atoms with van der Waals surface area (Å²) in [6, 6.07) is 16.5. The summed E-state index contributed by atoms with van der Waals surface area (Å²) in [6.45, 7) is 3.76. The zero-order valence-corrected chi connectivity index (χ0v) is 14.5. The monoisotopic (exact) mass is 333 g/mol. The van der Waals surface area contributed by atoms with E-state index in [-0.39, 0.29) is 5.91 Å². The van der Waals surface area contributed by atoms with Crippen LogP contribution in [0.4, 0.5) is 5.69 Å². The van der Waals surface area contributed by atoms with Crippen molar-refractivity contribution in [2.24, 2.45) is 4.99 Å². The van der Waals surface area contributed by atoms with Gasteiger partial charge in [0.05, 0.1) is 11.4 Å². The van der Waals surface area contributed by atoms with Crippen LogP contribution in [0, 0.1) is 0 Å². The molecule has 4 heteroatoms. The molecule has 0 bridgehead atoms. The van der Waals surface area contributed by atoms with Gasteiger partial charge >= 0.3 is 0 Å². The fourth-order valence-electron chi connectivity index (χ4n) is 3.68. The maximum atomic E-state index is 13.1. The molecular formula is C21H23N3O. The lowest BCUT2D eigenvalue weighted by molar-refractivity contribution is -0.121. The highest BCUT2D eigenvalue weighted by molar-refractivity contribution is 6.20. The fraction of sp³-hybridized carbons (Fsp3) is 0.333. The second kappa shape index (κ2) is 6.45. The third-order valence-electron chi connectivity index (χ3n) is 5.22. The minimum atomic E-state index is -0.679. The number of amides is 1. The number of rotatable bonds is 2. The summed E-state index contributed by atoms with van der Waals surface area (Å²) in [5, 5.41) is 6.52. The molecule has 1 fully saturated rings. The summed E-state index contributed by atoms with van der Waals surface area (Å²) in [7, 11) is 0. The van der Waals surface area contributed by atoms with Gasteiger partial charge in [0.2, 0.25) is 0 Å². The van der Waals surface area contributed by atoms with Gasteiger partial charge in [-0.05, 0) is 44.0 Å². The first-order valence-electron chi connectivity index (χ1n) is 9.02. The van der Waals surface area contributed by atoms with Gasteiger partial charge in [-0.15, -0.1) is 0 Å². The second-order valence-corrected chi connectivity index (χ2v) is 6.80. The zero-order chi connectivity index (χ0) is 17.3. The molecule has 2 aliphatic rings. The van der Waals surface area contributed by atoms with E-state index in [0.29, 0.717) is 0 Å². The fourth-order valence-corrected chi connectivity index (χ4v) is 3.68. The Kier molecular flexibility index (Phi) is 4.14. The van der Waals surface area contributed by atoms with E-state index in [0.717, 1.165) is 54.9 Å². The Bertz CT molecular complexity index is 820. The largest absolute Gasteiger partial charge is 0.323 e. The Morgan fingerprint density at radius 3 is 2.56 bits per heavy atom. The van der Waals surface area contributed by atoms with Gasteiger partial charge in [-0.1, -0.05) is 49.4 Å². The molecule has 2 heterocycles. The zero-order valence-electron chi connectivity index (χ0n) is 14.5. The predicted molar refractivity (Wildman–Crippen MR) is 101 cm³/mol. The third-order valence-corrected chi connectivity index (χ3v) is 5.22. The molecule has 128 valence electrons. The van der Waals surface area contributed by atoms with E-state index in [4.69, 9.17) is 4.99 Å². The van der Waals surface area contributed by atoms with Gasteiger partial charge in [-0.3, -0.25) is 9.79 Å². The average molecular weight is 333 g/mol. The summed E-state index contributed by atoms with van der Waals surface area (Å²) < 4.78 is 0. The Hall–Kier alpha value is -2.46. The maximum Gasteiger partial charge on any atom is 0.252 e. The molecule has 1 spiro atoms. The maximum absolute atomic E-state index is 13.1. The number of aliphatic imine (C=N–C) groups is 1. The molecule has 0 atom stereocenters. The van der Waals surface area contributed by atoms with Crippen LogP contribution in [-0.4, -0.2) is 30.2 Å². The van der Waals surface area contributed by atoms with Crippen molar-refractivity contribution in [1.82, 2.24) is 5.32 Å². The van der Waals surface area contributed by atoms with Gasteiger partial charge in [-0.25, -0.2) is 0 Å². The Labute approximate surface area is 148 Å². The van der Waals surface area contributed by atoms with Gasteiger partial charge in [-0.2, -0.15) is 0 Å². The molecular weight excluding hydrogens is 310 g/mol. The van der Waals surface area contributed by atoms with Crippen molar-refractivity contribution in [1.29, 1.82) is 0 Å². The summed E-state index contributed by atoms with van der Waals surface area (Å²) in [5.74, 6) is 0.0226. The molecule has 4 nitrogen and oxygen atoms in total. The minimum Gasteiger partial charge on any atom is -0.323 e. The standard InChI is InChI=1S/C21H23N3O/c1-2-15-8-9-17-18(14-15)23-20(25)21(10-12-22-13-11-21)24-19(17)16-6-4-3-5-7-16/h3-9,14,22H,2,10-13H2,1H3,(H,23,25). The molecule has 0 unspecified atom stereocenters. The van der Waals surface area contributed by atoms with Crippen molar-refractivity contribution in [3.05, 3.63) is 65.2 Å². The molecule has 0 saturated carbocycles. The van der Waals surface area contributed by atoms with Crippen LogP contribution in [-0.2, 0) is 11.2 Å². The van der Waals surface area contributed by atoms with Gasteiger partial charge in [0.1, 0.15) is 5.54 Å².